The van der Waals surface area contributed by atoms with Crippen LogP contribution in [0.4, 0.5) is 10.1 Å². The first-order chi connectivity index (χ1) is 9.28. The Morgan fingerprint density at radius 3 is 2.65 bits per heavy atom. The minimum atomic E-state index is -0.806. The fraction of sp³-hybridized carbons (Fsp3) is 0.357. The Balaban J connectivity index is 2.39. The molecular weight excluding hydrogens is 283 g/mol. The van der Waals surface area contributed by atoms with Gasteiger partial charge in [-0.2, -0.15) is 5.26 Å². The van der Waals surface area contributed by atoms with Crippen molar-refractivity contribution in [3.63, 3.8) is 0 Å². The summed E-state index contributed by atoms with van der Waals surface area (Å²) in [5.74, 6) is -2.28. The van der Waals surface area contributed by atoms with Crippen LogP contribution < -0.4 is 4.90 Å². The summed E-state index contributed by atoms with van der Waals surface area (Å²) < 4.78 is 13.9. The Morgan fingerprint density at radius 1 is 1.40 bits per heavy atom. The average Bonchev–Trinajstić information content (AvgIpc) is 2.66. The topological polar surface area (TPSA) is 61.2 Å². The summed E-state index contributed by atoms with van der Waals surface area (Å²) in [6.45, 7) is 3.52. The van der Waals surface area contributed by atoms with Crippen LogP contribution in [0.15, 0.2) is 12.1 Å². The van der Waals surface area contributed by atoms with E-state index in [4.69, 9.17) is 16.9 Å². The number of rotatable bonds is 3. The van der Waals surface area contributed by atoms with Crippen molar-refractivity contribution < 1.29 is 14.0 Å². The van der Waals surface area contributed by atoms with Crippen LogP contribution in [-0.2, 0) is 4.79 Å². The first-order valence-corrected chi connectivity index (χ1v) is 6.42. The number of fused-ring (bicyclic) bond motifs is 1. The zero-order chi connectivity index (χ0) is 15.1. The molecule has 1 aliphatic heterocycles. The number of carbonyl (C=O) groups is 2. The monoisotopic (exact) mass is 294 g/mol. The minimum absolute atomic E-state index is 0.0572. The third kappa shape index (κ3) is 2.27. The highest BCUT2D eigenvalue weighted by molar-refractivity contribution is 6.55. The minimum Gasteiger partial charge on any atom is -0.302 e. The van der Waals surface area contributed by atoms with Gasteiger partial charge in [-0.05, 0) is 32.4 Å². The average molecular weight is 295 g/mol. The molecule has 1 amide bonds. The van der Waals surface area contributed by atoms with Crippen molar-refractivity contribution in [1.82, 2.24) is 0 Å². The van der Waals surface area contributed by atoms with E-state index in [-0.39, 0.29) is 22.8 Å². The molecule has 0 radical (unpaired) electrons. The summed E-state index contributed by atoms with van der Waals surface area (Å²) in [6, 6.07) is 4.47. The number of hydrogen-bond acceptors (Lipinski definition) is 3. The molecular formula is C14H12ClFN2O2. The summed E-state index contributed by atoms with van der Waals surface area (Å²) >= 11 is 5.87. The molecule has 0 spiro atoms. The lowest BCUT2D eigenvalue weighted by Crippen LogP contribution is -2.33. The van der Waals surface area contributed by atoms with Crippen molar-refractivity contribution in [2.75, 3.05) is 11.4 Å². The molecule has 0 aliphatic carbocycles. The van der Waals surface area contributed by atoms with Crippen molar-refractivity contribution in [2.45, 2.75) is 20.3 Å². The number of amides is 1. The van der Waals surface area contributed by atoms with E-state index >= 15 is 0 Å². The summed E-state index contributed by atoms with van der Waals surface area (Å²) in [5.41, 5.74) is -0.839. The Bertz CT molecular complexity index is 649. The van der Waals surface area contributed by atoms with Gasteiger partial charge in [0.25, 0.3) is 11.7 Å². The Labute approximate surface area is 120 Å². The van der Waals surface area contributed by atoms with Gasteiger partial charge >= 0.3 is 0 Å². The third-order valence-electron chi connectivity index (χ3n) is 3.28. The van der Waals surface area contributed by atoms with Crippen LogP contribution in [0.3, 0.4) is 0 Å². The van der Waals surface area contributed by atoms with E-state index < -0.39 is 22.9 Å². The maximum atomic E-state index is 13.9. The highest BCUT2D eigenvalue weighted by atomic mass is 35.5. The Kier molecular flexibility index (Phi) is 3.53. The molecule has 1 aromatic rings. The zero-order valence-electron chi connectivity index (χ0n) is 11.0. The van der Waals surface area contributed by atoms with Gasteiger partial charge in [-0.3, -0.25) is 9.59 Å². The van der Waals surface area contributed by atoms with Gasteiger partial charge in [0.2, 0.25) is 0 Å². The standard InChI is InChI=1S/C14H12ClFN2O2/c1-14(2,7-17)5-6-18-11-9(16)4-3-8(15)10(11)12(19)13(18)20/h3-4H,5-6H2,1-2H3. The number of ketones is 1. The van der Waals surface area contributed by atoms with E-state index in [0.29, 0.717) is 6.42 Å². The molecule has 0 N–H and O–H groups in total. The van der Waals surface area contributed by atoms with E-state index in [1.807, 2.05) is 0 Å². The molecule has 1 aliphatic rings. The smallest absolute Gasteiger partial charge is 0.299 e. The molecule has 104 valence electrons. The molecule has 1 heterocycles. The van der Waals surface area contributed by atoms with Crippen molar-refractivity contribution >= 4 is 29.0 Å². The van der Waals surface area contributed by atoms with Gasteiger partial charge in [0, 0.05) is 6.54 Å². The number of halogens is 2. The maximum absolute atomic E-state index is 13.9. The largest absolute Gasteiger partial charge is 0.302 e. The molecule has 0 bridgehead atoms. The third-order valence-corrected chi connectivity index (χ3v) is 3.59. The number of hydrogen-bond donors (Lipinski definition) is 0. The second-order valence-corrected chi connectivity index (χ2v) is 5.69. The molecule has 0 atom stereocenters. The maximum Gasteiger partial charge on any atom is 0.299 e. The van der Waals surface area contributed by atoms with Crippen LogP contribution in [0.1, 0.15) is 30.6 Å². The van der Waals surface area contributed by atoms with Gasteiger partial charge in [-0.15, -0.1) is 0 Å². The van der Waals surface area contributed by atoms with Crippen LogP contribution in [0.2, 0.25) is 5.02 Å². The van der Waals surface area contributed by atoms with E-state index in [0.717, 1.165) is 11.0 Å². The summed E-state index contributed by atoms with van der Waals surface area (Å²) in [6.07, 6.45) is 0.327. The van der Waals surface area contributed by atoms with Crippen LogP contribution in [-0.4, -0.2) is 18.2 Å². The van der Waals surface area contributed by atoms with Gasteiger partial charge in [0.15, 0.2) is 0 Å². The van der Waals surface area contributed by atoms with E-state index in [1.165, 1.54) is 6.07 Å². The SMILES string of the molecule is CC(C)(C#N)CCN1C(=O)C(=O)c2c(Cl)ccc(F)c21. The molecule has 0 unspecified atom stereocenters. The fourth-order valence-electron chi connectivity index (χ4n) is 2.01. The van der Waals surface area contributed by atoms with E-state index in [9.17, 15) is 14.0 Å². The number of carbonyl (C=O) groups excluding carboxylic acids is 2. The lowest BCUT2D eigenvalue weighted by atomic mass is 9.91. The Morgan fingerprint density at radius 2 is 2.05 bits per heavy atom. The van der Waals surface area contributed by atoms with Gasteiger partial charge < -0.3 is 4.90 Å². The Hall–Kier alpha value is -1.93. The quantitative estimate of drug-likeness (QED) is 0.805. The van der Waals surface area contributed by atoms with Crippen LogP contribution in [0, 0.1) is 22.6 Å². The molecule has 0 aromatic heterocycles. The predicted molar refractivity (Wildman–Crippen MR) is 72.1 cm³/mol. The highest BCUT2D eigenvalue weighted by Gasteiger charge is 2.40. The normalized spacial score (nSPS) is 14.4. The molecule has 2 rings (SSSR count). The van der Waals surface area contributed by atoms with Gasteiger partial charge in [0.1, 0.15) is 5.82 Å². The summed E-state index contributed by atoms with van der Waals surface area (Å²) in [7, 11) is 0. The lowest BCUT2D eigenvalue weighted by molar-refractivity contribution is -0.114. The molecule has 1 aromatic carbocycles. The second kappa shape index (κ2) is 4.88. The van der Waals surface area contributed by atoms with Crippen molar-refractivity contribution in [2.24, 2.45) is 5.41 Å². The first-order valence-electron chi connectivity index (χ1n) is 6.04. The van der Waals surface area contributed by atoms with Gasteiger partial charge in [0.05, 0.1) is 27.8 Å². The number of nitrogens with zero attached hydrogens (tertiary/aromatic N) is 2. The van der Waals surface area contributed by atoms with Crippen LogP contribution in [0.25, 0.3) is 0 Å². The summed E-state index contributed by atoms with van der Waals surface area (Å²) in [4.78, 5) is 24.9. The van der Waals surface area contributed by atoms with E-state index in [2.05, 4.69) is 6.07 Å². The number of Topliss-reactive ketones (excluding diaryl/α,β-unsaturated/α-hetero) is 1. The highest BCUT2D eigenvalue weighted by Crippen LogP contribution is 2.37. The van der Waals surface area contributed by atoms with Gasteiger partial charge in [-0.25, -0.2) is 4.39 Å². The first kappa shape index (κ1) is 14.5. The number of benzene rings is 1. The van der Waals surface area contributed by atoms with E-state index in [1.54, 1.807) is 13.8 Å². The van der Waals surface area contributed by atoms with Crippen LogP contribution in [0.5, 0.6) is 0 Å². The molecule has 20 heavy (non-hydrogen) atoms. The number of nitriles is 1. The van der Waals surface area contributed by atoms with Crippen molar-refractivity contribution in [3.8, 4) is 6.07 Å². The lowest BCUT2D eigenvalue weighted by Gasteiger charge is -2.21. The molecule has 6 heteroatoms. The van der Waals surface area contributed by atoms with Crippen molar-refractivity contribution in [1.29, 1.82) is 5.26 Å². The number of anilines is 1. The van der Waals surface area contributed by atoms with Gasteiger partial charge in [-0.1, -0.05) is 11.6 Å². The van der Waals surface area contributed by atoms with Crippen LogP contribution >= 0.6 is 11.6 Å². The molecule has 0 fully saturated rings. The second-order valence-electron chi connectivity index (χ2n) is 5.28. The molecule has 0 saturated carbocycles. The van der Waals surface area contributed by atoms with Crippen molar-refractivity contribution in [3.05, 3.63) is 28.5 Å². The summed E-state index contributed by atoms with van der Waals surface area (Å²) in [5, 5.41) is 9.02. The molecule has 0 saturated heterocycles. The predicted octanol–water partition coefficient (Wildman–Crippen LogP) is 2.95. The fourth-order valence-corrected chi connectivity index (χ4v) is 2.25. The zero-order valence-corrected chi connectivity index (χ0v) is 11.8. The molecule has 4 nitrogen and oxygen atoms in total.